The SMILES string of the molecule is Cc1nc(=S)cc(-c2cc(F)ccc2F)[nH]1. The van der Waals surface area contributed by atoms with Crippen molar-refractivity contribution in [3.8, 4) is 11.3 Å². The van der Waals surface area contributed by atoms with Crippen LogP contribution in [0, 0.1) is 23.2 Å². The zero-order chi connectivity index (χ0) is 11.7. The summed E-state index contributed by atoms with van der Waals surface area (Å²) in [5, 5.41) is 0. The molecule has 1 heterocycles. The van der Waals surface area contributed by atoms with Crippen LogP contribution in [-0.2, 0) is 0 Å². The second-order valence-corrected chi connectivity index (χ2v) is 3.76. The van der Waals surface area contributed by atoms with E-state index in [1.165, 1.54) is 6.07 Å². The average molecular weight is 238 g/mol. The van der Waals surface area contributed by atoms with Crippen molar-refractivity contribution in [2.75, 3.05) is 0 Å². The lowest BCUT2D eigenvalue weighted by atomic mass is 10.1. The van der Waals surface area contributed by atoms with Gasteiger partial charge < -0.3 is 4.98 Å². The maximum absolute atomic E-state index is 13.5. The van der Waals surface area contributed by atoms with Crippen molar-refractivity contribution in [1.82, 2.24) is 9.97 Å². The van der Waals surface area contributed by atoms with Gasteiger partial charge in [0.25, 0.3) is 0 Å². The Morgan fingerprint density at radius 1 is 1.25 bits per heavy atom. The topological polar surface area (TPSA) is 28.7 Å². The largest absolute Gasteiger partial charge is 0.343 e. The van der Waals surface area contributed by atoms with Gasteiger partial charge in [0.15, 0.2) is 0 Å². The van der Waals surface area contributed by atoms with Gasteiger partial charge in [0.2, 0.25) is 0 Å². The van der Waals surface area contributed by atoms with E-state index in [4.69, 9.17) is 12.2 Å². The van der Waals surface area contributed by atoms with Crippen molar-refractivity contribution in [2.45, 2.75) is 6.92 Å². The van der Waals surface area contributed by atoms with Gasteiger partial charge >= 0.3 is 0 Å². The van der Waals surface area contributed by atoms with Gasteiger partial charge in [-0.15, -0.1) is 0 Å². The molecule has 0 aliphatic carbocycles. The van der Waals surface area contributed by atoms with Gasteiger partial charge in [0.05, 0.1) is 5.69 Å². The van der Waals surface area contributed by atoms with E-state index in [1.807, 2.05) is 0 Å². The fourth-order valence-corrected chi connectivity index (χ4v) is 1.68. The first kappa shape index (κ1) is 10.9. The van der Waals surface area contributed by atoms with Crippen LogP contribution in [0.2, 0.25) is 0 Å². The number of hydrogen-bond donors (Lipinski definition) is 1. The monoisotopic (exact) mass is 238 g/mol. The number of rotatable bonds is 1. The van der Waals surface area contributed by atoms with Crippen molar-refractivity contribution in [3.63, 3.8) is 0 Å². The molecule has 0 unspecified atom stereocenters. The smallest absolute Gasteiger partial charge is 0.132 e. The third-order valence-corrected chi connectivity index (χ3v) is 2.29. The summed E-state index contributed by atoms with van der Waals surface area (Å²) in [5.74, 6) is -0.436. The van der Waals surface area contributed by atoms with Crippen LogP contribution in [0.1, 0.15) is 5.82 Å². The first-order valence-corrected chi connectivity index (χ1v) is 5.00. The fraction of sp³-hybridized carbons (Fsp3) is 0.0909. The van der Waals surface area contributed by atoms with E-state index >= 15 is 0 Å². The van der Waals surface area contributed by atoms with Gasteiger partial charge in [0, 0.05) is 5.56 Å². The van der Waals surface area contributed by atoms with Crippen molar-refractivity contribution < 1.29 is 8.78 Å². The predicted molar refractivity (Wildman–Crippen MR) is 59.5 cm³/mol. The quantitative estimate of drug-likeness (QED) is 0.771. The zero-order valence-electron chi connectivity index (χ0n) is 8.42. The Hall–Kier alpha value is -1.62. The van der Waals surface area contributed by atoms with Crippen molar-refractivity contribution >= 4 is 12.2 Å². The van der Waals surface area contributed by atoms with Crippen LogP contribution in [0.4, 0.5) is 8.78 Å². The van der Waals surface area contributed by atoms with Crippen LogP contribution in [0.25, 0.3) is 11.3 Å². The predicted octanol–water partition coefficient (Wildman–Crippen LogP) is 3.39. The second kappa shape index (κ2) is 4.09. The first-order chi connectivity index (χ1) is 7.56. The maximum Gasteiger partial charge on any atom is 0.132 e. The van der Waals surface area contributed by atoms with Gasteiger partial charge in [-0.1, -0.05) is 12.2 Å². The third kappa shape index (κ3) is 2.14. The lowest BCUT2D eigenvalue weighted by molar-refractivity contribution is 0.602. The van der Waals surface area contributed by atoms with E-state index in [0.717, 1.165) is 18.2 Å². The minimum atomic E-state index is -0.502. The summed E-state index contributed by atoms with van der Waals surface area (Å²) in [6, 6.07) is 4.77. The molecule has 0 bridgehead atoms. The van der Waals surface area contributed by atoms with Crippen molar-refractivity contribution in [2.24, 2.45) is 0 Å². The number of halogens is 2. The second-order valence-electron chi connectivity index (χ2n) is 3.34. The number of nitrogens with zero attached hydrogens (tertiary/aromatic N) is 1. The molecule has 2 rings (SSSR count). The lowest BCUT2D eigenvalue weighted by Crippen LogP contribution is -1.94. The molecule has 0 saturated heterocycles. The number of benzene rings is 1. The molecule has 0 aliphatic heterocycles. The molecular formula is C11H8F2N2S. The molecule has 2 aromatic rings. The normalized spacial score (nSPS) is 10.4. The fourth-order valence-electron chi connectivity index (χ4n) is 1.43. The van der Waals surface area contributed by atoms with Gasteiger partial charge in [0.1, 0.15) is 22.1 Å². The number of aromatic nitrogens is 2. The number of aryl methyl sites for hydroxylation is 1. The van der Waals surface area contributed by atoms with E-state index in [-0.39, 0.29) is 5.56 Å². The minimum absolute atomic E-state index is 0.150. The summed E-state index contributed by atoms with van der Waals surface area (Å²) in [5.41, 5.74) is 0.575. The Morgan fingerprint density at radius 2 is 2.00 bits per heavy atom. The maximum atomic E-state index is 13.5. The van der Waals surface area contributed by atoms with Crippen LogP contribution in [0.3, 0.4) is 0 Å². The number of aromatic amines is 1. The summed E-state index contributed by atoms with van der Waals surface area (Å²) in [4.78, 5) is 6.80. The summed E-state index contributed by atoms with van der Waals surface area (Å²) >= 11 is 4.92. The molecule has 0 atom stereocenters. The Morgan fingerprint density at radius 3 is 2.69 bits per heavy atom. The summed E-state index contributed by atoms with van der Waals surface area (Å²) < 4.78 is 26.8. The standard InChI is InChI=1S/C11H8F2N2S/c1-6-14-10(5-11(16)15-6)8-4-7(12)2-3-9(8)13/h2-5H,1H3,(H,14,15,16). The van der Waals surface area contributed by atoms with Gasteiger partial charge in [-0.05, 0) is 31.2 Å². The summed E-state index contributed by atoms with van der Waals surface area (Å²) in [6.07, 6.45) is 0. The molecule has 1 aromatic carbocycles. The van der Waals surface area contributed by atoms with Crippen LogP contribution < -0.4 is 0 Å². The molecular weight excluding hydrogens is 230 g/mol. The highest BCUT2D eigenvalue weighted by Crippen LogP contribution is 2.21. The molecule has 0 amide bonds. The Labute approximate surface area is 96.0 Å². The van der Waals surface area contributed by atoms with E-state index in [9.17, 15) is 8.78 Å². The highest BCUT2D eigenvalue weighted by atomic mass is 32.1. The molecule has 0 fully saturated rings. The van der Waals surface area contributed by atoms with E-state index in [1.54, 1.807) is 6.92 Å². The van der Waals surface area contributed by atoms with E-state index in [2.05, 4.69) is 9.97 Å². The highest BCUT2D eigenvalue weighted by Gasteiger charge is 2.07. The molecule has 0 spiro atoms. The summed E-state index contributed by atoms with van der Waals surface area (Å²) in [6.45, 7) is 1.70. The van der Waals surface area contributed by atoms with Crippen LogP contribution in [0.5, 0.6) is 0 Å². The molecule has 16 heavy (non-hydrogen) atoms. The molecule has 1 aromatic heterocycles. The molecule has 82 valence electrons. The average Bonchev–Trinajstić information content (AvgIpc) is 2.20. The van der Waals surface area contributed by atoms with Crippen molar-refractivity contribution in [1.29, 1.82) is 0 Å². The first-order valence-electron chi connectivity index (χ1n) is 4.59. The van der Waals surface area contributed by atoms with Crippen LogP contribution >= 0.6 is 12.2 Å². The highest BCUT2D eigenvalue weighted by molar-refractivity contribution is 7.71. The van der Waals surface area contributed by atoms with Crippen LogP contribution in [-0.4, -0.2) is 9.97 Å². The molecule has 1 N–H and O–H groups in total. The third-order valence-electron chi connectivity index (χ3n) is 2.08. The van der Waals surface area contributed by atoms with Gasteiger partial charge in [-0.25, -0.2) is 13.8 Å². The molecule has 0 aliphatic rings. The molecule has 5 heteroatoms. The lowest BCUT2D eigenvalue weighted by Gasteiger charge is -2.04. The minimum Gasteiger partial charge on any atom is -0.343 e. The summed E-state index contributed by atoms with van der Waals surface area (Å²) in [7, 11) is 0. The Bertz CT molecular complexity index is 593. The zero-order valence-corrected chi connectivity index (χ0v) is 9.24. The van der Waals surface area contributed by atoms with E-state index in [0.29, 0.717) is 16.2 Å². The Kier molecular flexibility index (Phi) is 2.78. The number of H-pyrrole nitrogens is 1. The van der Waals surface area contributed by atoms with Gasteiger partial charge in [-0.2, -0.15) is 0 Å². The van der Waals surface area contributed by atoms with Crippen LogP contribution in [0.15, 0.2) is 24.3 Å². The van der Waals surface area contributed by atoms with E-state index < -0.39 is 11.6 Å². The number of nitrogens with one attached hydrogen (secondary N) is 1. The van der Waals surface area contributed by atoms with Gasteiger partial charge in [-0.3, -0.25) is 0 Å². The Balaban J connectivity index is 2.66. The molecule has 0 radical (unpaired) electrons. The molecule has 2 nitrogen and oxygen atoms in total. The number of hydrogen-bond acceptors (Lipinski definition) is 2. The van der Waals surface area contributed by atoms with Crippen molar-refractivity contribution in [3.05, 3.63) is 46.4 Å². The molecule has 0 saturated carbocycles.